The number of aryl methyl sites for hydroxylation is 1. The summed E-state index contributed by atoms with van der Waals surface area (Å²) in [6, 6.07) is 11.3. The predicted molar refractivity (Wildman–Crippen MR) is 116 cm³/mol. The van der Waals surface area contributed by atoms with E-state index in [1.165, 1.54) is 6.26 Å². The van der Waals surface area contributed by atoms with Gasteiger partial charge in [0.1, 0.15) is 5.82 Å². The van der Waals surface area contributed by atoms with E-state index in [-0.39, 0.29) is 11.9 Å². The van der Waals surface area contributed by atoms with Crippen molar-refractivity contribution in [3.8, 4) is 0 Å². The number of aromatic nitrogens is 1. The smallest absolute Gasteiger partial charge is 0.257 e. The second kappa shape index (κ2) is 8.92. The molecule has 2 aromatic rings. The number of piperidine rings is 1. The number of carbonyl (C=O) groups is 1. The molecule has 0 radical (unpaired) electrons. The number of rotatable bonds is 6. The lowest BCUT2D eigenvalue weighted by atomic mass is 10.0. The molecule has 2 heterocycles. The van der Waals surface area contributed by atoms with Crippen LogP contribution < -0.4 is 10.2 Å². The molecule has 0 bridgehead atoms. The molecule has 1 saturated heterocycles. The van der Waals surface area contributed by atoms with E-state index < -0.39 is 10.0 Å². The number of anilines is 2. The fourth-order valence-corrected chi connectivity index (χ4v) is 4.92. The van der Waals surface area contributed by atoms with Crippen molar-refractivity contribution in [2.75, 3.05) is 36.1 Å². The average Bonchev–Trinajstić information content (AvgIpc) is 2.70. The zero-order chi connectivity index (χ0) is 21.0. The maximum atomic E-state index is 12.4. The standard InChI is InChI=1S/C21H28N4O3S/c1-4-25(29(3,27)28)19-11-13-24(14-12-19)20-10-7-17(15-22-20)21(26)23-18-8-5-16(2)6-9-18/h5-10,15,19H,4,11-14H2,1-3H3,(H,23,26). The number of carbonyl (C=O) groups excluding carboxylic acids is 1. The van der Waals surface area contributed by atoms with Crippen molar-refractivity contribution in [2.24, 2.45) is 0 Å². The summed E-state index contributed by atoms with van der Waals surface area (Å²) in [5.74, 6) is 0.607. The zero-order valence-corrected chi connectivity index (χ0v) is 17.9. The minimum Gasteiger partial charge on any atom is -0.357 e. The highest BCUT2D eigenvalue weighted by atomic mass is 32.2. The molecule has 1 aliphatic rings. The van der Waals surface area contributed by atoms with Crippen molar-refractivity contribution in [1.29, 1.82) is 0 Å². The Balaban J connectivity index is 1.59. The van der Waals surface area contributed by atoms with Crippen LogP contribution in [0.4, 0.5) is 11.5 Å². The van der Waals surface area contributed by atoms with Gasteiger partial charge in [-0.05, 0) is 44.0 Å². The Morgan fingerprint density at radius 2 is 1.83 bits per heavy atom. The van der Waals surface area contributed by atoms with Crippen molar-refractivity contribution in [3.63, 3.8) is 0 Å². The summed E-state index contributed by atoms with van der Waals surface area (Å²) in [6.07, 6.45) is 4.38. The number of sulfonamides is 1. The van der Waals surface area contributed by atoms with Gasteiger partial charge in [-0.2, -0.15) is 4.31 Å². The van der Waals surface area contributed by atoms with E-state index in [0.29, 0.717) is 12.1 Å². The maximum Gasteiger partial charge on any atom is 0.257 e. The van der Waals surface area contributed by atoms with Crippen molar-refractivity contribution in [1.82, 2.24) is 9.29 Å². The molecule has 0 saturated carbocycles. The summed E-state index contributed by atoms with van der Waals surface area (Å²) in [5.41, 5.74) is 2.38. The molecule has 0 spiro atoms. The summed E-state index contributed by atoms with van der Waals surface area (Å²) in [5, 5.41) is 2.87. The molecular weight excluding hydrogens is 388 g/mol. The van der Waals surface area contributed by atoms with Crippen molar-refractivity contribution in [3.05, 3.63) is 53.7 Å². The Bertz CT molecular complexity index is 935. The quantitative estimate of drug-likeness (QED) is 0.783. The number of hydrogen-bond donors (Lipinski definition) is 1. The number of nitrogens with one attached hydrogen (secondary N) is 1. The fraction of sp³-hybridized carbons (Fsp3) is 0.429. The van der Waals surface area contributed by atoms with Crippen LogP contribution in [0.5, 0.6) is 0 Å². The third kappa shape index (κ3) is 5.33. The molecule has 0 atom stereocenters. The van der Waals surface area contributed by atoms with Crippen LogP contribution in [-0.2, 0) is 10.0 Å². The first-order valence-electron chi connectivity index (χ1n) is 9.83. The van der Waals surface area contributed by atoms with Gasteiger partial charge < -0.3 is 10.2 Å². The highest BCUT2D eigenvalue weighted by Gasteiger charge is 2.29. The molecule has 1 fully saturated rings. The van der Waals surface area contributed by atoms with Crippen molar-refractivity contribution >= 4 is 27.4 Å². The number of nitrogens with zero attached hydrogens (tertiary/aromatic N) is 3. The van der Waals surface area contributed by atoms with Gasteiger partial charge >= 0.3 is 0 Å². The second-order valence-corrected chi connectivity index (χ2v) is 9.34. The largest absolute Gasteiger partial charge is 0.357 e. The summed E-state index contributed by atoms with van der Waals surface area (Å²) < 4.78 is 25.4. The Morgan fingerprint density at radius 1 is 1.17 bits per heavy atom. The first kappa shape index (κ1) is 21.3. The number of hydrogen-bond acceptors (Lipinski definition) is 5. The van der Waals surface area contributed by atoms with E-state index in [0.717, 1.165) is 43.0 Å². The molecule has 0 aliphatic carbocycles. The van der Waals surface area contributed by atoms with Gasteiger partial charge in [-0.1, -0.05) is 24.6 Å². The van der Waals surface area contributed by atoms with Gasteiger partial charge in [-0.15, -0.1) is 0 Å². The molecule has 1 aliphatic heterocycles. The van der Waals surface area contributed by atoms with Crippen LogP contribution in [0.15, 0.2) is 42.6 Å². The summed E-state index contributed by atoms with van der Waals surface area (Å²) in [4.78, 5) is 19.0. The number of amides is 1. The topological polar surface area (TPSA) is 82.6 Å². The molecular formula is C21H28N4O3S. The van der Waals surface area contributed by atoms with Crippen molar-refractivity contribution in [2.45, 2.75) is 32.7 Å². The monoisotopic (exact) mass is 416 g/mol. The van der Waals surface area contributed by atoms with E-state index >= 15 is 0 Å². The maximum absolute atomic E-state index is 12.4. The molecule has 3 rings (SSSR count). The van der Waals surface area contributed by atoms with Crippen LogP contribution in [-0.4, -0.2) is 55.5 Å². The minimum atomic E-state index is -3.19. The van der Waals surface area contributed by atoms with Crippen LogP contribution in [0.2, 0.25) is 0 Å². The highest BCUT2D eigenvalue weighted by Crippen LogP contribution is 2.23. The molecule has 1 N–H and O–H groups in total. The van der Waals surface area contributed by atoms with Gasteiger partial charge in [-0.3, -0.25) is 4.79 Å². The van der Waals surface area contributed by atoms with Gasteiger partial charge in [0.05, 0.1) is 11.8 Å². The average molecular weight is 417 g/mol. The normalized spacial score (nSPS) is 15.5. The van der Waals surface area contributed by atoms with E-state index in [1.807, 2.05) is 44.2 Å². The third-order valence-corrected chi connectivity index (χ3v) is 6.66. The lowest BCUT2D eigenvalue weighted by Gasteiger charge is -2.37. The Hall–Kier alpha value is -2.45. The van der Waals surface area contributed by atoms with Crippen LogP contribution in [0.3, 0.4) is 0 Å². The number of benzene rings is 1. The van der Waals surface area contributed by atoms with Gasteiger partial charge in [0, 0.05) is 37.6 Å². The zero-order valence-electron chi connectivity index (χ0n) is 17.1. The molecule has 1 aromatic heterocycles. The predicted octanol–water partition coefficient (Wildman–Crippen LogP) is 2.89. The van der Waals surface area contributed by atoms with Gasteiger partial charge in [0.2, 0.25) is 10.0 Å². The van der Waals surface area contributed by atoms with Gasteiger partial charge in [0.25, 0.3) is 5.91 Å². The summed E-state index contributed by atoms with van der Waals surface area (Å²) >= 11 is 0. The van der Waals surface area contributed by atoms with E-state index in [2.05, 4.69) is 15.2 Å². The summed E-state index contributed by atoms with van der Waals surface area (Å²) in [6.45, 7) is 5.83. The molecule has 1 aromatic carbocycles. The lowest BCUT2D eigenvalue weighted by Crippen LogP contribution is -2.47. The van der Waals surface area contributed by atoms with Crippen LogP contribution in [0.25, 0.3) is 0 Å². The first-order chi connectivity index (χ1) is 13.8. The van der Waals surface area contributed by atoms with Crippen molar-refractivity contribution < 1.29 is 13.2 Å². The van der Waals surface area contributed by atoms with E-state index in [9.17, 15) is 13.2 Å². The van der Waals surface area contributed by atoms with E-state index in [4.69, 9.17) is 0 Å². The van der Waals surface area contributed by atoms with E-state index in [1.54, 1.807) is 16.6 Å². The lowest BCUT2D eigenvalue weighted by molar-refractivity contribution is 0.102. The molecule has 8 heteroatoms. The highest BCUT2D eigenvalue weighted by molar-refractivity contribution is 7.88. The third-order valence-electron chi connectivity index (χ3n) is 5.25. The molecule has 1 amide bonds. The van der Waals surface area contributed by atoms with Crippen LogP contribution in [0.1, 0.15) is 35.7 Å². The Morgan fingerprint density at radius 3 is 2.34 bits per heavy atom. The Labute approximate surface area is 172 Å². The Kier molecular flexibility index (Phi) is 6.54. The van der Waals surface area contributed by atoms with Gasteiger partial charge in [-0.25, -0.2) is 13.4 Å². The molecule has 7 nitrogen and oxygen atoms in total. The first-order valence-corrected chi connectivity index (χ1v) is 11.7. The van der Waals surface area contributed by atoms with Crippen LogP contribution in [0, 0.1) is 6.92 Å². The second-order valence-electron chi connectivity index (χ2n) is 7.41. The number of pyridine rings is 1. The summed E-state index contributed by atoms with van der Waals surface area (Å²) in [7, 11) is -3.19. The minimum absolute atomic E-state index is 0.0332. The molecule has 29 heavy (non-hydrogen) atoms. The van der Waals surface area contributed by atoms with Gasteiger partial charge in [0.15, 0.2) is 0 Å². The SMILES string of the molecule is CCN(C1CCN(c2ccc(C(=O)Nc3ccc(C)cc3)cn2)CC1)S(C)(=O)=O. The molecule has 0 unspecified atom stereocenters. The molecule has 156 valence electrons. The van der Waals surface area contributed by atoms with Crippen LogP contribution >= 0.6 is 0 Å². The fourth-order valence-electron chi connectivity index (χ4n) is 3.69.